The quantitative estimate of drug-likeness (QED) is 0.770. The van der Waals surface area contributed by atoms with Gasteiger partial charge in [-0.3, -0.25) is 14.5 Å². The van der Waals surface area contributed by atoms with Gasteiger partial charge in [-0.15, -0.1) is 12.4 Å². The molecule has 2 fully saturated rings. The second-order valence-corrected chi connectivity index (χ2v) is 7.35. The summed E-state index contributed by atoms with van der Waals surface area (Å²) in [6, 6.07) is 10.3. The maximum Gasteiger partial charge on any atom is 0.239 e. The summed E-state index contributed by atoms with van der Waals surface area (Å²) in [5, 5.41) is 2.92. The van der Waals surface area contributed by atoms with E-state index in [4.69, 9.17) is 5.73 Å². The average Bonchev–Trinajstić information content (AvgIpc) is 3.32. The molecule has 2 amide bonds. The third-order valence-electron chi connectivity index (χ3n) is 5.23. The summed E-state index contributed by atoms with van der Waals surface area (Å²) in [5.41, 5.74) is 7.54. The zero-order chi connectivity index (χ0) is 18.0. The van der Waals surface area contributed by atoms with E-state index in [9.17, 15) is 9.59 Å². The molecule has 0 bridgehead atoms. The Kier molecular flexibility index (Phi) is 7.03. The summed E-state index contributed by atoms with van der Waals surface area (Å²) in [6.07, 6.45) is 2.10. The second kappa shape index (κ2) is 8.84. The van der Waals surface area contributed by atoms with E-state index in [0.29, 0.717) is 12.6 Å². The maximum absolute atomic E-state index is 12.7. The maximum atomic E-state index is 12.7. The summed E-state index contributed by atoms with van der Waals surface area (Å²) in [6.45, 7) is 3.47. The first-order valence-corrected chi connectivity index (χ1v) is 9.04. The zero-order valence-corrected chi connectivity index (χ0v) is 16.2. The highest BCUT2D eigenvalue weighted by molar-refractivity contribution is 5.87. The standard InChI is InChI=1S/C19H28N4O2.ClH/c1-13(19(25)22(2)12-18(24)21-15-8-9-15)23-10-16(17(20)11-23)14-6-4-3-5-7-14;/h3-7,13,15-17H,8-12,20H2,1-2H3,(H,21,24);1H/t13?,16-,17+;/m0./s1. The van der Waals surface area contributed by atoms with Crippen LogP contribution in [0.15, 0.2) is 30.3 Å². The monoisotopic (exact) mass is 380 g/mol. The molecule has 1 aliphatic heterocycles. The molecule has 1 saturated heterocycles. The third-order valence-corrected chi connectivity index (χ3v) is 5.23. The van der Waals surface area contributed by atoms with Crippen molar-refractivity contribution < 1.29 is 9.59 Å². The van der Waals surface area contributed by atoms with Crippen LogP contribution in [0, 0.1) is 0 Å². The van der Waals surface area contributed by atoms with E-state index in [1.807, 2.05) is 25.1 Å². The van der Waals surface area contributed by atoms with Crippen LogP contribution in [0.25, 0.3) is 0 Å². The van der Waals surface area contributed by atoms with Crippen LogP contribution in [-0.4, -0.2) is 66.4 Å². The van der Waals surface area contributed by atoms with Gasteiger partial charge in [-0.1, -0.05) is 30.3 Å². The van der Waals surface area contributed by atoms with E-state index in [0.717, 1.165) is 19.4 Å². The molecule has 0 spiro atoms. The SMILES string of the molecule is CC(C(=O)N(C)CC(=O)NC1CC1)N1C[C@@H](N)[C@H](c2ccccc2)C1.Cl. The molecule has 1 heterocycles. The van der Waals surface area contributed by atoms with Gasteiger partial charge >= 0.3 is 0 Å². The molecular formula is C19H29ClN4O2. The minimum Gasteiger partial charge on any atom is -0.352 e. The first-order valence-electron chi connectivity index (χ1n) is 9.04. The number of amides is 2. The average molecular weight is 381 g/mol. The van der Waals surface area contributed by atoms with Crippen LogP contribution in [-0.2, 0) is 9.59 Å². The fourth-order valence-corrected chi connectivity index (χ4v) is 3.50. The van der Waals surface area contributed by atoms with Gasteiger partial charge in [-0.05, 0) is 25.3 Å². The highest BCUT2D eigenvalue weighted by Gasteiger charge is 2.36. The minimum atomic E-state index is -0.279. The predicted molar refractivity (Wildman–Crippen MR) is 104 cm³/mol. The molecule has 0 radical (unpaired) electrons. The van der Waals surface area contributed by atoms with E-state index in [1.165, 1.54) is 10.5 Å². The van der Waals surface area contributed by atoms with Crippen LogP contribution in [0.4, 0.5) is 0 Å². The normalized spacial score (nSPS) is 23.8. The van der Waals surface area contributed by atoms with Gasteiger partial charge in [0.1, 0.15) is 0 Å². The number of likely N-dealkylation sites (tertiary alicyclic amines) is 1. The van der Waals surface area contributed by atoms with E-state index >= 15 is 0 Å². The van der Waals surface area contributed by atoms with Gasteiger partial charge in [0.2, 0.25) is 11.8 Å². The molecule has 1 saturated carbocycles. The van der Waals surface area contributed by atoms with Crippen molar-refractivity contribution >= 4 is 24.2 Å². The minimum absolute atomic E-state index is 0. The smallest absolute Gasteiger partial charge is 0.239 e. The number of nitrogens with zero attached hydrogens (tertiary/aromatic N) is 2. The Morgan fingerprint density at radius 3 is 2.54 bits per heavy atom. The zero-order valence-electron chi connectivity index (χ0n) is 15.4. The first kappa shape index (κ1) is 20.7. The number of benzene rings is 1. The number of halogens is 1. The molecule has 3 atom stereocenters. The van der Waals surface area contributed by atoms with Gasteiger partial charge in [0.05, 0.1) is 12.6 Å². The molecule has 6 nitrogen and oxygen atoms in total. The largest absolute Gasteiger partial charge is 0.352 e. The van der Waals surface area contributed by atoms with Crippen LogP contribution in [0.2, 0.25) is 0 Å². The summed E-state index contributed by atoms with van der Waals surface area (Å²) in [5.74, 6) is 0.123. The van der Waals surface area contributed by atoms with Gasteiger partial charge in [-0.2, -0.15) is 0 Å². The van der Waals surface area contributed by atoms with Crippen molar-refractivity contribution in [2.24, 2.45) is 5.73 Å². The Bertz CT molecular complexity index is 623. The highest BCUT2D eigenvalue weighted by Crippen LogP contribution is 2.28. The molecule has 1 aliphatic carbocycles. The Labute approximate surface area is 161 Å². The van der Waals surface area contributed by atoms with Crippen molar-refractivity contribution in [3.63, 3.8) is 0 Å². The number of rotatable bonds is 6. The number of likely N-dealkylation sites (N-methyl/N-ethyl adjacent to an activating group) is 1. The van der Waals surface area contributed by atoms with Crippen LogP contribution in [0.1, 0.15) is 31.2 Å². The first-order chi connectivity index (χ1) is 12.0. The fraction of sp³-hybridized carbons (Fsp3) is 0.579. The molecule has 7 heteroatoms. The van der Waals surface area contributed by atoms with Gasteiger partial charge in [0, 0.05) is 38.1 Å². The Hall–Kier alpha value is -1.63. The van der Waals surface area contributed by atoms with Crippen LogP contribution < -0.4 is 11.1 Å². The van der Waals surface area contributed by atoms with Crippen molar-refractivity contribution in [2.75, 3.05) is 26.7 Å². The van der Waals surface area contributed by atoms with Crippen molar-refractivity contribution in [1.29, 1.82) is 0 Å². The van der Waals surface area contributed by atoms with Crippen molar-refractivity contribution in [3.8, 4) is 0 Å². The molecule has 3 rings (SSSR count). The number of nitrogens with one attached hydrogen (secondary N) is 1. The van der Waals surface area contributed by atoms with Crippen LogP contribution >= 0.6 is 12.4 Å². The van der Waals surface area contributed by atoms with Crippen LogP contribution in [0.5, 0.6) is 0 Å². The van der Waals surface area contributed by atoms with E-state index < -0.39 is 0 Å². The van der Waals surface area contributed by atoms with E-state index in [2.05, 4.69) is 22.3 Å². The topological polar surface area (TPSA) is 78.7 Å². The van der Waals surface area contributed by atoms with Gasteiger partial charge in [0.25, 0.3) is 0 Å². The Balaban J connectivity index is 0.00000243. The Morgan fingerprint density at radius 2 is 1.92 bits per heavy atom. The molecule has 144 valence electrons. The summed E-state index contributed by atoms with van der Waals surface area (Å²) in [7, 11) is 1.69. The number of hydrogen-bond acceptors (Lipinski definition) is 4. The summed E-state index contributed by atoms with van der Waals surface area (Å²) in [4.78, 5) is 28.2. The molecule has 1 unspecified atom stereocenters. The van der Waals surface area contributed by atoms with Crippen molar-refractivity contribution in [3.05, 3.63) is 35.9 Å². The number of carbonyl (C=O) groups is 2. The lowest BCUT2D eigenvalue weighted by atomic mass is 9.95. The highest BCUT2D eigenvalue weighted by atomic mass is 35.5. The Morgan fingerprint density at radius 1 is 1.27 bits per heavy atom. The molecule has 26 heavy (non-hydrogen) atoms. The predicted octanol–water partition coefficient (Wildman–Crippen LogP) is 0.960. The lowest BCUT2D eigenvalue weighted by Gasteiger charge is -2.27. The van der Waals surface area contributed by atoms with Crippen molar-refractivity contribution in [2.45, 2.75) is 43.8 Å². The number of hydrogen-bond donors (Lipinski definition) is 2. The molecule has 1 aromatic rings. The number of carbonyl (C=O) groups excluding carboxylic acids is 2. The molecule has 1 aromatic carbocycles. The molecule has 0 aromatic heterocycles. The lowest BCUT2D eigenvalue weighted by Crippen LogP contribution is -2.48. The molecule has 3 N–H and O–H groups in total. The van der Waals surface area contributed by atoms with Crippen LogP contribution in [0.3, 0.4) is 0 Å². The third kappa shape index (κ3) is 4.96. The van der Waals surface area contributed by atoms with Gasteiger partial charge < -0.3 is 16.0 Å². The fourth-order valence-electron chi connectivity index (χ4n) is 3.50. The van der Waals surface area contributed by atoms with Gasteiger partial charge in [-0.25, -0.2) is 0 Å². The van der Waals surface area contributed by atoms with Gasteiger partial charge in [0.15, 0.2) is 0 Å². The molecular weight excluding hydrogens is 352 g/mol. The summed E-state index contributed by atoms with van der Waals surface area (Å²) >= 11 is 0. The molecule has 2 aliphatic rings. The van der Waals surface area contributed by atoms with Crippen molar-refractivity contribution in [1.82, 2.24) is 15.1 Å². The van der Waals surface area contributed by atoms with E-state index in [-0.39, 0.29) is 48.8 Å². The van der Waals surface area contributed by atoms with E-state index in [1.54, 1.807) is 7.05 Å². The second-order valence-electron chi connectivity index (χ2n) is 7.35. The summed E-state index contributed by atoms with van der Waals surface area (Å²) < 4.78 is 0. The lowest BCUT2D eigenvalue weighted by molar-refractivity contribution is -0.138. The number of nitrogens with two attached hydrogens (primary N) is 1.